The molecule has 0 spiro atoms. The van der Waals surface area contributed by atoms with Crippen LogP contribution in [0.15, 0.2) is 36.5 Å². The van der Waals surface area contributed by atoms with Crippen molar-refractivity contribution >= 4 is 11.8 Å². The van der Waals surface area contributed by atoms with Crippen molar-refractivity contribution in [3.05, 3.63) is 47.8 Å². The lowest BCUT2D eigenvalue weighted by Gasteiger charge is -2.39. The predicted molar refractivity (Wildman–Crippen MR) is 127 cm³/mol. The molecular weight excluding hydrogens is 416 g/mol. The molecule has 2 fully saturated rings. The standard InChI is InChI=1S/C26H36N4O3/c1-20-21(18-27-28(20)2)11-12-25(31)30-16-13-24(33-23-9-5-3-6-10-23)22(19-30)17-26(32)29-14-7-4-8-15-29/h3,5-6,9-10,18,22,24H,4,7-8,11-17,19H2,1-2H3/t22-,24-/m0/s1. The topological polar surface area (TPSA) is 67.7 Å². The zero-order chi connectivity index (χ0) is 23.2. The van der Waals surface area contributed by atoms with Crippen molar-refractivity contribution < 1.29 is 14.3 Å². The molecule has 2 aromatic rings. The first-order chi connectivity index (χ1) is 16.0. The van der Waals surface area contributed by atoms with Crippen LogP contribution in [-0.2, 0) is 23.1 Å². The third-order valence-electron chi connectivity index (χ3n) is 7.14. The summed E-state index contributed by atoms with van der Waals surface area (Å²) in [7, 11) is 1.92. The second kappa shape index (κ2) is 10.9. The summed E-state index contributed by atoms with van der Waals surface area (Å²) < 4.78 is 8.15. The molecule has 2 aliphatic heterocycles. The number of aromatic nitrogens is 2. The number of likely N-dealkylation sites (tertiary alicyclic amines) is 2. The zero-order valence-electron chi connectivity index (χ0n) is 19.9. The summed E-state index contributed by atoms with van der Waals surface area (Å²) >= 11 is 0. The number of amides is 2. The van der Waals surface area contributed by atoms with Crippen molar-refractivity contribution in [2.45, 2.75) is 58.0 Å². The molecule has 33 heavy (non-hydrogen) atoms. The van der Waals surface area contributed by atoms with E-state index in [-0.39, 0.29) is 23.8 Å². The summed E-state index contributed by atoms with van der Waals surface area (Å²) in [6, 6.07) is 9.80. The monoisotopic (exact) mass is 452 g/mol. The lowest BCUT2D eigenvalue weighted by atomic mass is 9.90. The Balaban J connectivity index is 1.40. The van der Waals surface area contributed by atoms with E-state index in [1.165, 1.54) is 6.42 Å². The van der Waals surface area contributed by atoms with Gasteiger partial charge < -0.3 is 14.5 Å². The second-order valence-electron chi connectivity index (χ2n) is 9.38. The van der Waals surface area contributed by atoms with E-state index in [1.54, 1.807) is 0 Å². The molecule has 7 nitrogen and oxygen atoms in total. The van der Waals surface area contributed by atoms with Crippen molar-refractivity contribution in [2.24, 2.45) is 13.0 Å². The zero-order valence-corrected chi connectivity index (χ0v) is 19.9. The minimum Gasteiger partial charge on any atom is -0.490 e. The molecule has 0 N–H and O–H groups in total. The molecule has 2 saturated heterocycles. The first-order valence-electron chi connectivity index (χ1n) is 12.3. The summed E-state index contributed by atoms with van der Waals surface area (Å²) in [6.07, 6.45) is 7.48. The molecule has 2 amide bonds. The van der Waals surface area contributed by atoms with Crippen LogP contribution < -0.4 is 4.74 Å². The van der Waals surface area contributed by atoms with Gasteiger partial charge in [0.05, 0.1) is 6.20 Å². The minimum atomic E-state index is -0.0641. The van der Waals surface area contributed by atoms with E-state index in [2.05, 4.69) is 5.10 Å². The largest absolute Gasteiger partial charge is 0.490 e. The highest BCUT2D eigenvalue weighted by Crippen LogP contribution is 2.27. The van der Waals surface area contributed by atoms with Crippen LogP contribution in [0.4, 0.5) is 0 Å². The number of hydrogen-bond donors (Lipinski definition) is 0. The number of carbonyl (C=O) groups excluding carboxylic acids is 2. The third-order valence-corrected chi connectivity index (χ3v) is 7.14. The number of hydrogen-bond acceptors (Lipinski definition) is 4. The molecule has 4 rings (SSSR count). The smallest absolute Gasteiger partial charge is 0.223 e. The fraction of sp³-hybridized carbons (Fsp3) is 0.577. The number of nitrogens with zero attached hydrogens (tertiary/aromatic N) is 4. The number of para-hydroxylation sites is 1. The average Bonchev–Trinajstić information content (AvgIpc) is 3.17. The second-order valence-corrected chi connectivity index (χ2v) is 9.38. The number of rotatable bonds is 7. The molecule has 1 aromatic heterocycles. The Hall–Kier alpha value is -2.83. The SMILES string of the molecule is Cc1c(CCC(=O)N2CC[C@H](Oc3ccccc3)[C@@H](CC(=O)N3CCCCC3)C2)cnn1C. The number of carbonyl (C=O) groups is 2. The van der Waals surface area contributed by atoms with Gasteiger partial charge in [0.15, 0.2) is 0 Å². The normalized spacial score (nSPS) is 21.2. The van der Waals surface area contributed by atoms with E-state index >= 15 is 0 Å². The Morgan fingerprint density at radius 1 is 1.03 bits per heavy atom. The fourth-order valence-electron chi connectivity index (χ4n) is 4.95. The first kappa shape index (κ1) is 23.3. The molecule has 0 saturated carbocycles. The van der Waals surface area contributed by atoms with E-state index in [1.807, 2.05) is 65.0 Å². The van der Waals surface area contributed by atoms with Crippen LogP contribution in [-0.4, -0.2) is 63.7 Å². The van der Waals surface area contributed by atoms with E-state index in [9.17, 15) is 9.59 Å². The van der Waals surface area contributed by atoms with Crippen LogP contribution in [0.2, 0.25) is 0 Å². The number of aryl methyl sites for hydroxylation is 2. The average molecular weight is 453 g/mol. The molecule has 0 radical (unpaired) electrons. The van der Waals surface area contributed by atoms with Crippen LogP contribution in [0.25, 0.3) is 0 Å². The van der Waals surface area contributed by atoms with Gasteiger partial charge in [0.25, 0.3) is 0 Å². The Kier molecular flexibility index (Phi) is 7.68. The minimum absolute atomic E-state index is 0.00235. The molecule has 2 atom stereocenters. The Labute approximate surface area is 196 Å². The van der Waals surface area contributed by atoms with Gasteiger partial charge in [0.2, 0.25) is 11.8 Å². The highest BCUT2D eigenvalue weighted by atomic mass is 16.5. The van der Waals surface area contributed by atoms with Gasteiger partial charge in [0, 0.05) is 64.1 Å². The molecule has 1 aromatic carbocycles. The number of benzene rings is 1. The molecule has 2 aliphatic rings. The number of piperidine rings is 2. The lowest BCUT2D eigenvalue weighted by molar-refractivity contribution is -0.139. The fourth-order valence-corrected chi connectivity index (χ4v) is 4.95. The van der Waals surface area contributed by atoms with E-state index in [4.69, 9.17) is 4.74 Å². The molecular formula is C26H36N4O3. The number of ether oxygens (including phenoxy) is 1. The quantitative estimate of drug-likeness (QED) is 0.646. The van der Waals surface area contributed by atoms with E-state index in [0.29, 0.717) is 32.4 Å². The van der Waals surface area contributed by atoms with Crippen molar-refractivity contribution in [1.29, 1.82) is 0 Å². The molecule has 3 heterocycles. The third kappa shape index (κ3) is 5.95. The van der Waals surface area contributed by atoms with Gasteiger partial charge in [-0.25, -0.2) is 0 Å². The van der Waals surface area contributed by atoms with E-state index < -0.39 is 0 Å². The summed E-state index contributed by atoms with van der Waals surface area (Å²) in [6.45, 7) is 4.96. The van der Waals surface area contributed by atoms with Gasteiger partial charge in [0.1, 0.15) is 11.9 Å². The first-order valence-corrected chi connectivity index (χ1v) is 12.3. The lowest BCUT2D eigenvalue weighted by Crippen LogP contribution is -2.50. The van der Waals surface area contributed by atoms with Gasteiger partial charge in [-0.15, -0.1) is 0 Å². The molecule has 178 valence electrons. The Morgan fingerprint density at radius 2 is 1.79 bits per heavy atom. The maximum absolute atomic E-state index is 13.1. The summed E-state index contributed by atoms with van der Waals surface area (Å²) in [5.74, 6) is 1.16. The van der Waals surface area contributed by atoms with Crippen LogP contribution in [0, 0.1) is 12.8 Å². The van der Waals surface area contributed by atoms with Crippen LogP contribution in [0.5, 0.6) is 5.75 Å². The van der Waals surface area contributed by atoms with Crippen molar-refractivity contribution in [3.8, 4) is 5.75 Å². The van der Waals surface area contributed by atoms with Crippen LogP contribution >= 0.6 is 0 Å². The van der Waals surface area contributed by atoms with Gasteiger partial charge in [-0.05, 0) is 50.3 Å². The van der Waals surface area contributed by atoms with Crippen molar-refractivity contribution in [3.63, 3.8) is 0 Å². The highest BCUT2D eigenvalue weighted by Gasteiger charge is 2.35. The van der Waals surface area contributed by atoms with Gasteiger partial charge in [-0.2, -0.15) is 5.10 Å². The van der Waals surface area contributed by atoms with Crippen molar-refractivity contribution in [1.82, 2.24) is 19.6 Å². The summed E-state index contributed by atoms with van der Waals surface area (Å²) in [4.78, 5) is 30.0. The molecule has 0 aliphatic carbocycles. The van der Waals surface area contributed by atoms with Gasteiger partial charge in [-0.1, -0.05) is 18.2 Å². The van der Waals surface area contributed by atoms with Crippen molar-refractivity contribution in [2.75, 3.05) is 26.2 Å². The van der Waals surface area contributed by atoms with Crippen LogP contribution in [0.1, 0.15) is 49.8 Å². The molecule has 7 heteroatoms. The molecule has 0 unspecified atom stereocenters. The highest BCUT2D eigenvalue weighted by molar-refractivity contribution is 5.78. The van der Waals surface area contributed by atoms with Crippen LogP contribution in [0.3, 0.4) is 0 Å². The van der Waals surface area contributed by atoms with Gasteiger partial charge in [-0.3, -0.25) is 14.3 Å². The maximum atomic E-state index is 13.1. The predicted octanol–water partition coefficient (Wildman–Crippen LogP) is 3.36. The Morgan fingerprint density at radius 3 is 2.48 bits per heavy atom. The molecule has 0 bridgehead atoms. The van der Waals surface area contributed by atoms with E-state index in [0.717, 1.165) is 49.4 Å². The Bertz CT molecular complexity index is 936. The maximum Gasteiger partial charge on any atom is 0.223 e. The van der Waals surface area contributed by atoms with Gasteiger partial charge >= 0.3 is 0 Å². The summed E-state index contributed by atoms with van der Waals surface area (Å²) in [5.41, 5.74) is 2.22. The summed E-state index contributed by atoms with van der Waals surface area (Å²) in [5, 5.41) is 4.28.